The molecular formula is C27H22FN3O3S. The second kappa shape index (κ2) is 7.49. The van der Waals surface area contributed by atoms with E-state index in [0.29, 0.717) is 43.7 Å². The number of hydrogen-bond acceptors (Lipinski definition) is 6. The first-order valence-corrected chi connectivity index (χ1v) is 12.7. The van der Waals surface area contributed by atoms with E-state index in [1.165, 1.54) is 17.4 Å². The Kier molecular flexibility index (Phi) is 4.45. The first-order chi connectivity index (χ1) is 17.0. The molecule has 0 aliphatic heterocycles. The number of aromatic nitrogens is 3. The Balaban J connectivity index is 1.50. The van der Waals surface area contributed by atoms with E-state index in [1.54, 1.807) is 22.9 Å². The van der Waals surface area contributed by atoms with E-state index in [1.807, 2.05) is 19.1 Å². The molecule has 3 aromatic heterocycles. The molecular weight excluding hydrogens is 465 g/mol. The lowest BCUT2D eigenvalue weighted by Gasteiger charge is -2.15. The maximum absolute atomic E-state index is 14.2. The van der Waals surface area contributed by atoms with Crippen molar-refractivity contribution in [3.8, 4) is 17.1 Å². The predicted octanol–water partition coefficient (Wildman–Crippen LogP) is 6.22. The minimum Gasteiger partial charge on any atom is -0.506 e. The summed E-state index contributed by atoms with van der Waals surface area (Å²) >= 11 is 1.31. The van der Waals surface area contributed by atoms with Crippen LogP contribution in [0.15, 0.2) is 45.7 Å². The highest BCUT2D eigenvalue weighted by molar-refractivity contribution is 7.25. The molecule has 5 aromatic rings. The number of benzene rings is 2. The summed E-state index contributed by atoms with van der Waals surface area (Å²) in [5.74, 6) is 2.29. The van der Waals surface area contributed by atoms with Crippen molar-refractivity contribution in [2.24, 2.45) is 0 Å². The number of aromatic hydroxyl groups is 1. The van der Waals surface area contributed by atoms with Gasteiger partial charge in [0, 0.05) is 16.9 Å². The molecule has 7 rings (SSSR count). The Morgan fingerprint density at radius 1 is 1.17 bits per heavy atom. The van der Waals surface area contributed by atoms with Gasteiger partial charge in [0.2, 0.25) is 0 Å². The van der Waals surface area contributed by atoms with Crippen molar-refractivity contribution in [1.29, 1.82) is 0 Å². The molecule has 2 aromatic carbocycles. The van der Waals surface area contributed by atoms with Crippen molar-refractivity contribution in [1.82, 2.24) is 14.5 Å². The van der Waals surface area contributed by atoms with E-state index in [9.17, 15) is 14.3 Å². The monoisotopic (exact) mass is 487 g/mol. The number of hydrogen-bond donors (Lipinski definition) is 1. The van der Waals surface area contributed by atoms with Gasteiger partial charge in [-0.25, -0.2) is 14.4 Å². The van der Waals surface area contributed by atoms with Gasteiger partial charge in [-0.05, 0) is 67.9 Å². The van der Waals surface area contributed by atoms with Crippen molar-refractivity contribution in [3.05, 3.63) is 75.5 Å². The fourth-order valence-electron chi connectivity index (χ4n) is 4.80. The largest absolute Gasteiger partial charge is 0.506 e. The highest BCUT2D eigenvalue weighted by atomic mass is 32.1. The maximum atomic E-state index is 14.2. The molecule has 1 N–H and O–H groups in total. The molecule has 8 heteroatoms. The summed E-state index contributed by atoms with van der Waals surface area (Å²) < 4.78 is 22.4. The van der Waals surface area contributed by atoms with Gasteiger partial charge in [0.25, 0.3) is 5.56 Å². The third kappa shape index (κ3) is 3.38. The lowest BCUT2D eigenvalue weighted by molar-refractivity contribution is 0.444. The van der Waals surface area contributed by atoms with E-state index >= 15 is 0 Å². The van der Waals surface area contributed by atoms with Crippen LogP contribution in [0.2, 0.25) is 0 Å². The number of rotatable bonds is 5. The lowest BCUT2D eigenvalue weighted by atomic mass is 10.0. The zero-order valence-electron chi connectivity index (χ0n) is 19.0. The standard InChI is InChI=1S/C27H22FN3O3S/c1-13-2-8-19-21-26(35-23(19)22(13)32)30-24(18-9-7-16(28)10-20(18)14-3-4-14)31(27(21)33)12-17-11-29-25(34-17)15-5-6-15/h2,7-11,14-15,32H,3-6,12H2,1H3. The molecule has 2 aliphatic carbocycles. The number of aryl methyl sites for hydroxylation is 1. The summed E-state index contributed by atoms with van der Waals surface area (Å²) in [6, 6.07) is 8.38. The summed E-state index contributed by atoms with van der Waals surface area (Å²) in [4.78, 5) is 23.9. The number of halogens is 1. The smallest absolute Gasteiger partial charge is 0.263 e. The second-order valence-corrected chi connectivity index (χ2v) is 10.7. The lowest BCUT2D eigenvalue weighted by Crippen LogP contribution is -2.24. The molecule has 2 saturated carbocycles. The van der Waals surface area contributed by atoms with Gasteiger partial charge in [0.05, 0.1) is 22.8 Å². The van der Waals surface area contributed by atoms with E-state index in [2.05, 4.69) is 4.98 Å². The van der Waals surface area contributed by atoms with Crippen LogP contribution < -0.4 is 5.56 Å². The molecule has 0 radical (unpaired) electrons. The van der Waals surface area contributed by atoms with E-state index in [4.69, 9.17) is 9.40 Å². The van der Waals surface area contributed by atoms with Gasteiger partial charge < -0.3 is 9.52 Å². The molecule has 0 bridgehead atoms. The van der Waals surface area contributed by atoms with Crippen LogP contribution >= 0.6 is 11.3 Å². The van der Waals surface area contributed by atoms with Crippen LogP contribution in [0.4, 0.5) is 4.39 Å². The first-order valence-electron chi connectivity index (χ1n) is 11.9. The molecule has 0 atom stereocenters. The van der Waals surface area contributed by atoms with Gasteiger partial charge in [0.15, 0.2) is 5.89 Å². The van der Waals surface area contributed by atoms with Gasteiger partial charge >= 0.3 is 0 Å². The van der Waals surface area contributed by atoms with Crippen LogP contribution in [0.5, 0.6) is 5.75 Å². The molecule has 0 spiro atoms. The van der Waals surface area contributed by atoms with Crippen LogP contribution in [0.3, 0.4) is 0 Å². The summed E-state index contributed by atoms with van der Waals surface area (Å²) in [5, 5.41) is 11.8. The Morgan fingerprint density at radius 2 is 1.97 bits per heavy atom. The van der Waals surface area contributed by atoms with E-state index < -0.39 is 0 Å². The van der Waals surface area contributed by atoms with Gasteiger partial charge in [-0.1, -0.05) is 12.1 Å². The molecule has 2 aliphatic rings. The van der Waals surface area contributed by atoms with Crippen LogP contribution in [0, 0.1) is 12.7 Å². The van der Waals surface area contributed by atoms with Crippen LogP contribution in [-0.2, 0) is 6.54 Å². The Labute approximate surface area is 203 Å². The quantitative estimate of drug-likeness (QED) is 0.318. The maximum Gasteiger partial charge on any atom is 0.263 e. The van der Waals surface area contributed by atoms with Gasteiger partial charge in [-0.2, -0.15) is 0 Å². The molecule has 3 heterocycles. The third-order valence-corrected chi connectivity index (χ3v) is 8.13. The zero-order chi connectivity index (χ0) is 23.8. The number of phenols is 1. The van der Waals surface area contributed by atoms with Crippen molar-refractivity contribution >= 4 is 31.6 Å². The highest BCUT2D eigenvalue weighted by Gasteiger charge is 2.31. The van der Waals surface area contributed by atoms with Crippen molar-refractivity contribution in [2.75, 3.05) is 0 Å². The van der Waals surface area contributed by atoms with Crippen molar-refractivity contribution in [3.63, 3.8) is 0 Å². The van der Waals surface area contributed by atoms with E-state index in [-0.39, 0.29) is 29.6 Å². The predicted molar refractivity (Wildman–Crippen MR) is 133 cm³/mol. The van der Waals surface area contributed by atoms with Crippen LogP contribution in [0.25, 0.3) is 31.7 Å². The normalized spacial score (nSPS) is 15.9. The summed E-state index contributed by atoms with van der Waals surface area (Å²) in [6.45, 7) is 2.01. The highest BCUT2D eigenvalue weighted by Crippen LogP contribution is 2.45. The Bertz CT molecular complexity index is 1710. The second-order valence-electron chi connectivity index (χ2n) is 9.66. The van der Waals surface area contributed by atoms with E-state index in [0.717, 1.165) is 42.4 Å². The molecule has 2 fully saturated rings. The van der Waals surface area contributed by atoms with Gasteiger partial charge in [-0.15, -0.1) is 11.3 Å². The number of phenolic OH excluding ortho intramolecular Hbond substituents is 1. The number of oxazole rings is 1. The minimum atomic E-state index is -0.294. The number of nitrogens with zero attached hydrogens (tertiary/aromatic N) is 3. The third-order valence-electron chi connectivity index (χ3n) is 7.02. The minimum absolute atomic E-state index is 0.169. The van der Waals surface area contributed by atoms with Crippen LogP contribution in [-0.4, -0.2) is 19.6 Å². The van der Waals surface area contributed by atoms with Crippen LogP contribution in [0.1, 0.15) is 60.3 Å². The Morgan fingerprint density at radius 3 is 2.74 bits per heavy atom. The molecule has 0 saturated heterocycles. The fraction of sp³-hybridized carbons (Fsp3) is 0.296. The SMILES string of the molecule is Cc1ccc2c(sc3nc(-c4ccc(F)cc4C4CC4)n(Cc4cnc(C5CC5)o4)c(=O)c32)c1O. The molecule has 6 nitrogen and oxygen atoms in total. The zero-order valence-corrected chi connectivity index (χ0v) is 19.9. The summed E-state index contributed by atoms with van der Waals surface area (Å²) in [6.07, 6.45) is 5.81. The molecule has 176 valence electrons. The summed E-state index contributed by atoms with van der Waals surface area (Å²) in [7, 11) is 0. The molecule has 35 heavy (non-hydrogen) atoms. The topological polar surface area (TPSA) is 81.2 Å². The summed E-state index contributed by atoms with van der Waals surface area (Å²) in [5.41, 5.74) is 2.16. The fourth-order valence-corrected chi connectivity index (χ4v) is 5.96. The van der Waals surface area contributed by atoms with Crippen molar-refractivity contribution in [2.45, 2.75) is 51.0 Å². The van der Waals surface area contributed by atoms with Crippen molar-refractivity contribution < 1.29 is 13.9 Å². The molecule has 0 amide bonds. The average Bonchev–Trinajstić information content (AvgIpc) is 3.78. The molecule has 0 unspecified atom stereocenters. The van der Waals surface area contributed by atoms with Gasteiger partial charge in [0.1, 0.15) is 28.0 Å². The Hall–Kier alpha value is -3.52. The number of fused-ring (bicyclic) bond motifs is 3. The van der Waals surface area contributed by atoms with Gasteiger partial charge in [-0.3, -0.25) is 9.36 Å². The number of thiophene rings is 1. The average molecular weight is 488 g/mol. The first kappa shape index (κ1) is 20.8.